The fourth-order valence-electron chi connectivity index (χ4n) is 1.40. The van der Waals surface area contributed by atoms with E-state index in [4.69, 9.17) is 16.7 Å². The summed E-state index contributed by atoms with van der Waals surface area (Å²) in [6, 6.07) is 1.63. The average molecular weight is 336 g/mol. The molecule has 0 fully saturated rings. The zero-order chi connectivity index (χ0) is 13.7. The number of halogens is 2. The summed E-state index contributed by atoms with van der Waals surface area (Å²) in [7, 11) is 0. The number of hydrogen-bond donors (Lipinski definition) is 2. The second kappa shape index (κ2) is 6.70. The highest BCUT2D eigenvalue weighted by atomic mass is 79.9. The molecule has 18 heavy (non-hydrogen) atoms. The van der Waals surface area contributed by atoms with Gasteiger partial charge in [0.2, 0.25) is 5.91 Å². The minimum atomic E-state index is -0.919. The van der Waals surface area contributed by atoms with Crippen molar-refractivity contribution in [3.63, 3.8) is 0 Å². The first-order chi connectivity index (χ1) is 8.38. The Hall–Kier alpha value is -1.14. The summed E-state index contributed by atoms with van der Waals surface area (Å²) in [6.45, 7) is 1.70. The Balaban J connectivity index is 2.59. The summed E-state index contributed by atoms with van der Waals surface area (Å²) >= 11 is 9.04. The number of pyridine rings is 1. The number of amides is 1. The minimum absolute atomic E-state index is 0.0438. The molecule has 0 aliphatic rings. The Kier molecular flexibility index (Phi) is 5.55. The Morgan fingerprint density at radius 3 is 2.83 bits per heavy atom. The molecule has 0 spiro atoms. The van der Waals surface area contributed by atoms with Crippen molar-refractivity contribution in [3.8, 4) is 0 Å². The molecule has 0 aliphatic heterocycles. The molecule has 1 heterocycles. The van der Waals surface area contributed by atoms with Crippen LogP contribution in [0.3, 0.4) is 0 Å². The van der Waals surface area contributed by atoms with Crippen molar-refractivity contribution < 1.29 is 14.7 Å². The van der Waals surface area contributed by atoms with Crippen LogP contribution in [-0.4, -0.2) is 22.0 Å². The van der Waals surface area contributed by atoms with Gasteiger partial charge in [0, 0.05) is 23.5 Å². The first kappa shape index (κ1) is 14.9. The lowest BCUT2D eigenvalue weighted by Crippen LogP contribution is -2.17. The third-order valence-corrected chi connectivity index (χ3v) is 2.87. The van der Waals surface area contributed by atoms with Crippen LogP contribution in [0.4, 0.5) is 5.69 Å². The van der Waals surface area contributed by atoms with Gasteiger partial charge in [0.25, 0.3) is 0 Å². The standard InChI is InChI=1S/C11H12BrClN2O3/c1-6(3-10(17)18)2-9(16)15-8-4-7(12)5-14-11(8)13/h4-6H,2-3H2,1H3,(H,15,16)(H,17,18). The van der Waals surface area contributed by atoms with E-state index in [2.05, 4.69) is 26.2 Å². The maximum absolute atomic E-state index is 11.7. The molecular formula is C11H12BrClN2O3. The van der Waals surface area contributed by atoms with Crippen molar-refractivity contribution in [1.82, 2.24) is 4.98 Å². The Morgan fingerprint density at radius 1 is 1.56 bits per heavy atom. The van der Waals surface area contributed by atoms with E-state index in [0.717, 1.165) is 0 Å². The van der Waals surface area contributed by atoms with E-state index < -0.39 is 5.97 Å². The van der Waals surface area contributed by atoms with Gasteiger partial charge in [-0.15, -0.1) is 0 Å². The maximum atomic E-state index is 11.7. The molecule has 0 bridgehead atoms. The minimum Gasteiger partial charge on any atom is -0.481 e. The zero-order valence-electron chi connectivity index (χ0n) is 9.61. The molecule has 98 valence electrons. The van der Waals surface area contributed by atoms with Gasteiger partial charge in [0.1, 0.15) is 0 Å². The van der Waals surface area contributed by atoms with E-state index in [1.54, 1.807) is 13.0 Å². The van der Waals surface area contributed by atoms with Gasteiger partial charge in [-0.1, -0.05) is 18.5 Å². The Morgan fingerprint density at radius 2 is 2.22 bits per heavy atom. The number of carboxylic acid groups (broad SMARTS) is 1. The molecule has 0 radical (unpaired) electrons. The summed E-state index contributed by atoms with van der Waals surface area (Å²) in [6.07, 6.45) is 1.60. The predicted molar refractivity (Wildman–Crippen MR) is 71.6 cm³/mol. The van der Waals surface area contributed by atoms with Crippen LogP contribution in [0.25, 0.3) is 0 Å². The Bertz CT molecular complexity index is 468. The molecule has 1 atom stereocenters. The number of anilines is 1. The lowest BCUT2D eigenvalue weighted by atomic mass is 10.0. The molecule has 5 nitrogen and oxygen atoms in total. The van der Waals surface area contributed by atoms with Gasteiger partial charge >= 0.3 is 5.97 Å². The molecule has 0 saturated carbocycles. The van der Waals surface area contributed by atoms with Gasteiger partial charge in [0.15, 0.2) is 5.15 Å². The van der Waals surface area contributed by atoms with Crippen molar-refractivity contribution in [1.29, 1.82) is 0 Å². The predicted octanol–water partition coefficient (Wildman–Crippen LogP) is 2.94. The lowest BCUT2D eigenvalue weighted by Gasteiger charge is -2.10. The molecule has 1 amide bonds. The molecule has 0 aliphatic carbocycles. The maximum Gasteiger partial charge on any atom is 0.303 e. The highest BCUT2D eigenvalue weighted by Crippen LogP contribution is 2.23. The van der Waals surface area contributed by atoms with Gasteiger partial charge in [-0.3, -0.25) is 9.59 Å². The number of rotatable bonds is 5. The van der Waals surface area contributed by atoms with Crippen molar-refractivity contribution in [2.24, 2.45) is 5.92 Å². The smallest absolute Gasteiger partial charge is 0.303 e. The van der Waals surface area contributed by atoms with Gasteiger partial charge in [-0.05, 0) is 27.9 Å². The zero-order valence-corrected chi connectivity index (χ0v) is 12.0. The Labute approximate surface area is 118 Å². The fourth-order valence-corrected chi connectivity index (χ4v) is 1.88. The van der Waals surface area contributed by atoms with Crippen LogP contribution < -0.4 is 5.32 Å². The molecule has 0 aromatic carbocycles. The normalized spacial score (nSPS) is 11.9. The molecule has 1 unspecified atom stereocenters. The second-order valence-corrected chi connectivity index (χ2v) is 5.22. The average Bonchev–Trinajstić information content (AvgIpc) is 2.21. The summed E-state index contributed by atoms with van der Waals surface area (Å²) in [4.78, 5) is 26.0. The van der Waals surface area contributed by atoms with E-state index in [-0.39, 0.29) is 29.8 Å². The summed E-state index contributed by atoms with van der Waals surface area (Å²) in [5.74, 6) is -1.44. The second-order valence-electron chi connectivity index (χ2n) is 3.95. The SMILES string of the molecule is CC(CC(=O)O)CC(=O)Nc1cc(Br)cnc1Cl. The van der Waals surface area contributed by atoms with E-state index in [9.17, 15) is 9.59 Å². The van der Waals surface area contributed by atoms with Gasteiger partial charge in [0.05, 0.1) is 5.69 Å². The lowest BCUT2D eigenvalue weighted by molar-refractivity contribution is -0.138. The van der Waals surface area contributed by atoms with Crippen LogP contribution in [0.15, 0.2) is 16.7 Å². The third kappa shape index (κ3) is 5.01. The van der Waals surface area contributed by atoms with E-state index in [0.29, 0.717) is 10.2 Å². The monoisotopic (exact) mass is 334 g/mol. The summed E-state index contributed by atoms with van der Waals surface area (Å²) in [5.41, 5.74) is 0.401. The van der Waals surface area contributed by atoms with Crippen LogP contribution >= 0.6 is 27.5 Å². The first-order valence-electron chi connectivity index (χ1n) is 5.21. The van der Waals surface area contributed by atoms with Gasteiger partial charge in [-0.2, -0.15) is 0 Å². The topological polar surface area (TPSA) is 79.3 Å². The number of aromatic nitrogens is 1. The number of hydrogen-bond acceptors (Lipinski definition) is 3. The van der Waals surface area contributed by atoms with E-state index in [1.807, 2.05) is 0 Å². The van der Waals surface area contributed by atoms with Crippen molar-refractivity contribution in [3.05, 3.63) is 21.9 Å². The molecule has 1 rings (SSSR count). The molecular weight excluding hydrogens is 323 g/mol. The van der Waals surface area contributed by atoms with Crippen LogP contribution in [0.2, 0.25) is 5.15 Å². The summed E-state index contributed by atoms with van der Waals surface area (Å²) in [5, 5.41) is 11.4. The number of carboxylic acids is 1. The molecule has 1 aromatic rings. The summed E-state index contributed by atoms with van der Waals surface area (Å²) < 4.78 is 0.695. The van der Waals surface area contributed by atoms with Crippen LogP contribution in [0, 0.1) is 5.92 Å². The first-order valence-corrected chi connectivity index (χ1v) is 6.38. The molecule has 0 saturated heterocycles. The van der Waals surface area contributed by atoms with Crippen LogP contribution in [0.5, 0.6) is 0 Å². The molecule has 7 heteroatoms. The van der Waals surface area contributed by atoms with Crippen molar-refractivity contribution in [2.75, 3.05) is 5.32 Å². The number of nitrogens with one attached hydrogen (secondary N) is 1. The van der Waals surface area contributed by atoms with Gasteiger partial charge in [-0.25, -0.2) is 4.98 Å². The van der Waals surface area contributed by atoms with Gasteiger partial charge < -0.3 is 10.4 Å². The van der Waals surface area contributed by atoms with Crippen LogP contribution in [0.1, 0.15) is 19.8 Å². The number of nitrogens with zero attached hydrogens (tertiary/aromatic N) is 1. The highest BCUT2D eigenvalue weighted by Gasteiger charge is 2.14. The number of carbonyl (C=O) groups excluding carboxylic acids is 1. The van der Waals surface area contributed by atoms with Crippen molar-refractivity contribution >= 4 is 45.1 Å². The van der Waals surface area contributed by atoms with Crippen LogP contribution in [-0.2, 0) is 9.59 Å². The van der Waals surface area contributed by atoms with E-state index in [1.165, 1.54) is 6.20 Å². The fraction of sp³-hybridized carbons (Fsp3) is 0.364. The molecule has 1 aromatic heterocycles. The van der Waals surface area contributed by atoms with Crippen molar-refractivity contribution in [2.45, 2.75) is 19.8 Å². The van der Waals surface area contributed by atoms with E-state index >= 15 is 0 Å². The largest absolute Gasteiger partial charge is 0.481 e. The number of aliphatic carboxylic acids is 1. The number of carbonyl (C=O) groups is 2. The third-order valence-electron chi connectivity index (χ3n) is 2.14. The highest BCUT2D eigenvalue weighted by molar-refractivity contribution is 9.10. The quantitative estimate of drug-likeness (QED) is 0.811. The molecule has 2 N–H and O–H groups in total.